The fourth-order valence-corrected chi connectivity index (χ4v) is 1.85. The number of nitrogens with one attached hydrogen (secondary N) is 1. The molecule has 0 aliphatic carbocycles. The molecule has 2 aromatic rings. The highest BCUT2D eigenvalue weighted by Crippen LogP contribution is 2.30. The van der Waals surface area contributed by atoms with Gasteiger partial charge in [-0.05, 0) is 31.5 Å². The fraction of sp³-hybridized carbons (Fsp3) is 0.250. The Bertz CT molecular complexity index is 524. The van der Waals surface area contributed by atoms with Gasteiger partial charge in [-0.3, -0.25) is 0 Å². The molecule has 2 aromatic carbocycles. The number of ether oxygens (including phenoxy) is 1. The predicted molar refractivity (Wildman–Crippen MR) is 80.4 cm³/mol. The highest BCUT2D eigenvalue weighted by molar-refractivity contribution is 5.72. The van der Waals surface area contributed by atoms with Crippen LogP contribution in [-0.2, 0) is 6.54 Å². The lowest BCUT2D eigenvalue weighted by Crippen LogP contribution is -2.09. The van der Waals surface area contributed by atoms with Gasteiger partial charge in [-0.2, -0.15) is 0 Å². The van der Waals surface area contributed by atoms with Crippen LogP contribution in [0.2, 0.25) is 0 Å². The molecule has 0 aromatic heterocycles. The second-order valence-corrected chi connectivity index (χ2v) is 4.72. The van der Waals surface area contributed by atoms with Crippen LogP contribution in [0.15, 0.2) is 48.5 Å². The van der Waals surface area contributed by atoms with Crippen molar-refractivity contribution < 1.29 is 4.74 Å². The van der Waals surface area contributed by atoms with Crippen LogP contribution in [0.25, 0.3) is 0 Å². The van der Waals surface area contributed by atoms with Gasteiger partial charge in [-0.1, -0.05) is 36.4 Å². The van der Waals surface area contributed by atoms with Crippen LogP contribution in [-0.4, -0.2) is 6.10 Å². The molecule has 2 rings (SSSR count). The zero-order valence-corrected chi connectivity index (χ0v) is 11.4. The van der Waals surface area contributed by atoms with Crippen molar-refractivity contribution in [3.05, 3.63) is 54.1 Å². The van der Waals surface area contributed by atoms with Crippen LogP contribution in [0.3, 0.4) is 0 Å². The standard InChI is InChI=1S/C16H20N2O/c1-12(2)19-15-10-6-9-14(16(15)17)18-11-13-7-4-3-5-8-13/h3-10,12,18H,11,17H2,1-2H3. The summed E-state index contributed by atoms with van der Waals surface area (Å²) in [6.07, 6.45) is 0.117. The number of rotatable bonds is 5. The minimum atomic E-state index is 0.117. The first-order valence-electron chi connectivity index (χ1n) is 6.50. The molecule has 0 unspecified atom stereocenters. The second-order valence-electron chi connectivity index (χ2n) is 4.72. The number of benzene rings is 2. The normalized spacial score (nSPS) is 10.5. The lowest BCUT2D eigenvalue weighted by Gasteiger charge is -2.15. The van der Waals surface area contributed by atoms with E-state index in [4.69, 9.17) is 10.5 Å². The SMILES string of the molecule is CC(C)Oc1cccc(NCc2ccccc2)c1N. The van der Waals surface area contributed by atoms with E-state index in [0.717, 1.165) is 18.0 Å². The van der Waals surface area contributed by atoms with Crippen molar-refractivity contribution in [1.82, 2.24) is 0 Å². The van der Waals surface area contributed by atoms with Gasteiger partial charge >= 0.3 is 0 Å². The first-order valence-corrected chi connectivity index (χ1v) is 6.50. The van der Waals surface area contributed by atoms with E-state index in [1.165, 1.54) is 5.56 Å². The van der Waals surface area contributed by atoms with Crippen molar-refractivity contribution >= 4 is 11.4 Å². The molecule has 0 fully saturated rings. The fourth-order valence-electron chi connectivity index (χ4n) is 1.85. The van der Waals surface area contributed by atoms with Crippen LogP contribution in [0, 0.1) is 0 Å². The summed E-state index contributed by atoms with van der Waals surface area (Å²) >= 11 is 0. The number of anilines is 2. The molecule has 19 heavy (non-hydrogen) atoms. The van der Waals surface area contributed by atoms with Crippen molar-refractivity contribution in [2.24, 2.45) is 0 Å². The quantitative estimate of drug-likeness (QED) is 0.802. The summed E-state index contributed by atoms with van der Waals surface area (Å²) in [6, 6.07) is 16.0. The van der Waals surface area contributed by atoms with Gasteiger partial charge in [-0.15, -0.1) is 0 Å². The highest BCUT2D eigenvalue weighted by atomic mass is 16.5. The van der Waals surface area contributed by atoms with Gasteiger partial charge in [0.25, 0.3) is 0 Å². The second kappa shape index (κ2) is 6.14. The van der Waals surface area contributed by atoms with Crippen molar-refractivity contribution in [3.63, 3.8) is 0 Å². The van der Waals surface area contributed by atoms with E-state index in [0.29, 0.717) is 5.69 Å². The third-order valence-electron chi connectivity index (χ3n) is 2.75. The van der Waals surface area contributed by atoms with E-state index in [1.54, 1.807) is 0 Å². The molecule has 0 aliphatic heterocycles. The van der Waals surface area contributed by atoms with Gasteiger partial charge in [0.15, 0.2) is 0 Å². The molecule has 0 bridgehead atoms. The van der Waals surface area contributed by atoms with E-state index >= 15 is 0 Å². The van der Waals surface area contributed by atoms with Crippen molar-refractivity contribution in [1.29, 1.82) is 0 Å². The molecule has 0 saturated carbocycles. The molecule has 3 N–H and O–H groups in total. The number of hydrogen-bond donors (Lipinski definition) is 2. The van der Waals surface area contributed by atoms with E-state index in [2.05, 4.69) is 17.4 Å². The summed E-state index contributed by atoms with van der Waals surface area (Å²) in [7, 11) is 0. The molecule has 3 nitrogen and oxygen atoms in total. The number of nitrogen functional groups attached to an aromatic ring is 1. The molecule has 0 spiro atoms. The lowest BCUT2D eigenvalue weighted by atomic mass is 10.2. The van der Waals surface area contributed by atoms with Crippen molar-refractivity contribution in [2.75, 3.05) is 11.1 Å². The summed E-state index contributed by atoms with van der Waals surface area (Å²) in [6.45, 7) is 4.73. The zero-order valence-electron chi connectivity index (χ0n) is 11.4. The Labute approximate surface area is 114 Å². The smallest absolute Gasteiger partial charge is 0.144 e. The van der Waals surface area contributed by atoms with Crippen LogP contribution >= 0.6 is 0 Å². The van der Waals surface area contributed by atoms with Gasteiger partial charge in [0.1, 0.15) is 5.75 Å². The van der Waals surface area contributed by atoms with Crippen molar-refractivity contribution in [3.8, 4) is 5.75 Å². The number of para-hydroxylation sites is 1. The third kappa shape index (κ3) is 3.65. The van der Waals surface area contributed by atoms with E-state index in [1.807, 2.05) is 50.2 Å². The Morgan fingerprint density at radius 3 is 2.47 bits per heavy atom. The molecule has 0 aliphatic rings. The van der Waals surface area contributed by atoms with E-state index < -0.39 is 0 Å². The highest BCUT2D eigenvalue weighted by Gasteiger charge is 2.07. The molecule has 0 atom stereocenters. The molecular weight excluding hydrogens is 236 g/mol. The molecule has 3 heteroatoms. The molecule has 0 saturated heterocycles. The average molecular weight is 256 g/mol. The lowest BCUT2D eigenvalue weighted by molar-refractivity contribution is 0.244. The van der Waals surface area contributed by atoms with E-state index in [9.17, 15) is 0 Å². The van der Waals surface area contributed by atoms with Gasteiger partial charge < -0.3 is 15.8 Å². The molecule has 0 radical (unpaired) electrons. The first kappa shape index (κ1) is 13.3. The Balaban J connectivity index is 2.08. The van der Waals surface area contributed by atoms with Gasteiger partial charge in [0.05, 0.1) is 17.5 Å². The average Bonchev–Trinajstić information content (AvgIpc) is 2.40. The number of hydrogen-bond acceptors (Lipinski definition) is 3. The Morgan fingerprint density at radius 1 is 1.05 bits per heavy atom. The Kier molecular flexibility index (Phi) is 4.29. The van der Waals surface area contributed by atoms with Crippen LogP contribution in [0.4, 0.5) is 11.4 Å². The Hall–Kier alpha value is -2.16. The predicted octanol–water partition coefficient (Wildman–Crippen LogP) is 3.67. The van der Waals surface area contributed by atoms with Gasteiger partial charge in [0.2, 0.25) is 0 Å². The van der Waals surface area contributed by atoms with Crippen LogP contribution < -0.4 is 15.8 Å². The maximum Gasteiger partial charge on any atom is 0.144 e. The largest absolute Gasteiger partial charge is 0.489 e. The molecule has 100 valence electrons. The molecule has 0 heterocycles. The monoisotopic (exact) mass is 256 g/mol. The van der Waals surface area contributed by atoms with Crippen molar-refractivity contribution in [2.45, 2.75) is 26.5 Å². The summed E-state index contributed by atoms with van der Waals surface area (Å²) < 4.78 is 5.67. The molecule has 0 amide bonds. The molecular formula is C16H20N2O. The van der Waals surface area contributed by atoms with Gasteiger partial charge in [-0.25, -0.2) is 0 Å². The third-order valence-corrected chi connectivity index (χ3v) is 2.75. The topological polar surface area (TPSA) is 47.3 Å². The maximum atomic E-state index is 6.11. The maximum absolute atomic E-state index is 6.11. The first-order chi connectivity index (χ1) is 9.16. The van der Waals surface area contributed by atoms with Gasteiger partial charge in [0, 0.05) is 6.54 Å². The minimum Gasteiger partial charge on any atom is -0.489 e. The summed E-state index contributed by atoms with van der Waals surface area (Å²) in [5.41, 5.74) is 8.89. The summed E-state index contributed by atoms with van der Waals surface area (Å²) in [4.78, 5) is 0. The van der Waals surface area contributed by atoms with E-state index in [-0.39, 0.29) is 6.10 Å². The number of nitrogens with two attached hydrogens (primary N) is 1. The Morgan fingerprint density at radius 2 is 1.79 bits per heavy atom. The summed E-state index contributed by atoms with van der Waals surface area (Å²) in [5, 5.41) is 3.34. The minimum absolute atomic E-state index is 0.117. The zero-order chi connectivity index (χ0) is 13.7. The summed E-state index contributed by atoms with van der Waals surface area (Å²) in [5.74, 6) is 0.730. The van der Waals surface area contributed by atoms with Crippen LogP contribution in [0.5, 0.6) is 5.75 Å². The van der Waals surface area contributed by atoms with Crippen LogP contribution in [0.1, 0.15) is 19.4 Å².